The van der Waals surface area contributed by atoms with Gasteiger partial charge in [-0.1, -0.05) is 53.3 Å². The van der Waals surface area contributed by atoms with Gasteiger partial charge >= 0.3 is 0 Å². The first-order valence-electron chi connectivity index (χ1n) is 9.04. The summed E-state index contributed by atoms with van der Waals surface area (Å²) in [5, 5.41) is 15.4. The Morgan fingerprint density at radius 3 is 2.57 bits per heavy atom. The summed E-state index contributed by atoms with van der Waals surface area (Å²) in [4.78, 5) is 5.38. The summed E-state index contributed by atoms with van der Waals surface area (Å²) in [5.41, 5.74) is 1.69. The molecule has 9 heteroatoms. The Morgan fingerprint density at radius 2 is 1.80 bits per heavy atom. The van der Waals surface area contributed by atoms with Crippen LogP contribution in [0, 0.1) is 5.82 Å². The van der Waals surface area contributed by atoms with Crippen LogP contribution in [0.1, 0.15) is 5.82 Å². The van der Waals surface area contributed by atoms with Gasteiger partial charge < -0.3 is 4.52 Å². The van der Waals surface area contributed by atoms with Crippen LogP contribution in [0.4, 0.5) is 4.39 Å². The summed E-state index contributed by atoms with van der Waals surface area (Å²) >= 11 is 2.98. The molecule has 3 heterocycles. The monoisotopic (exact) mass is 435 g/mol. The fraction of sp³-hybridized carbons (Fsp3) is 0.0476. The van der Waals surface area contributed by atoms with E-state index in [1.807, 2.05) is 52.4 Å². The number of benzene rings is 2. The Labute approximate surface area is 179 Å². The molecule has 0 N–H and O–H groups in total. The molecule has 0 amide bonds. The lowest BCUT2D eigenvalue weighted by atomic mass is 10.2. The predicted molar refractivity (Wildman–Crippen MR) is 114 cm³/mol. The van der Waals surface area contributed by atoms with Crippen LogP contribution in [0.2, 0.25) is 0 Å². The number of aromatic nitrogens is 5. The molecule has 30 heavy (non-hydrogen) atoms. The fourth-order valence-electron chi connectivity index (χ4n) is 2.90. The van der Waals surface area contributed by atoms with Gasteiger partial charge in [0.05, 0.1) is 10.6 Å². The number of hydrogen-bond acceptors (Lipinski definition) is 7. The standard InChI is InChI=1S/C21H14FN5OS2/c22-15-8-10-16(11-9-15)27-19(14-5-2-1-3-6-14)24-25-21(27)30-13-18-23-20(28-26-18)17-7-4-12-29-17/h1-12H,13H2. The fourth-order valence-corrected chi connectivity index (χ4v) is 4.34. The summed E-state index contributed by atoms with van der Waals surface area (Å²) in [6.45, 7) is 0. The van der Waals surface area contributed by atoms with Crippen molar-refractivity contribution in [2.75, 3.05) is 0 Å². The van der Waals surface area contributed by atoms with Gasteiger partial charge in [-0.25, -0.2) is 4.39 Å². The van der Waals surface area contributed by atoms with Crippen LogP contribution in [0.15, 0.2) is 81.8 Å². The van der Waals surface area contributed by atoms with Gasteiger partial charge in [-0.2, -0.15) is 4.98 Å². The normalized spacial score (nSPS) is 11.1. The average molecular weight is 436 g/mol. The highest BCUT2D eigenvalue weighted by Crippen LogP contribution is 2.30. The molecule has 0 spiro atoms. The molecular formula is C21H14FN5OS2. The van der Waals surface area contributed by atoms with Crippen LogP contribution in [0.5, 0.6) is 0 Å². The van der Waals surface area contributed by atoms with E-state index in [9.17, 15) is 4.39 Å². The van der Waals surface area contributed by atoms with Gasteiger partial charge in [0.15, 0.2) is 16.8 Å². The Hall–Kier alpha value is -3.30. The molecule has 5 rings (SSSR count). The lowest BCUT2D eigenvalue weighted by Gasteiger charge is -2.10. The molecule has 6 nitrogen and oxygen atoms in total. The predicted octanol–water partition coefficient (Wildman–Crippen LogP) is 5.48. The van der Waals surface area contributed by atoms with Crippen LogP contribution in [-0.4, -0.2) is 24.9 Å². The summed E-state index contributed by atoms with van der Waals surface area (Å²) in [6, 6.07) is 19.9. The first kappa shape index (κ1) is 18.7. The second-order valence-electron chi connectivity index (χ2n) is 6.27. The van der Waals surface area contributed by atoms with Crippen molar-refractivity contribution >= 4 is 23.1 Å². The number of thioether (sulfide) groups is 1. The number of rotatable bonds is 6. The third kappa shape index (κ3) is 3.77. The van der Waals surface area contributed by atoms with Crippen LogP contribution >= 0.6 is 23.1 Å². The van der Waals surface area contributed by atoms with Gasteiger partial charge in [0.2, 0.25) is 0 Å². The van der Waals surface area contributed by atoms with Crippen molar-refractivity contribution in [1.29, 1.82) is 0 Å². The molecule has 0 radical (unpaired) electrons. The largest absolute Gasteiger partial charge is 0.333 e. The summed E-state index contributed by atoms with van der Waals surface area (Å²) in [5.74, 6) is 1.92. The molecule has 0 atom stereocenters. The van der Waals surface area contributed by atoms with E-state index < -0.39 is 0 Å². The maximum Gasteiger partial charge on any atom is 0.268 e. The van der Waals surface area contributed by atoms with E-state index in [1.54, 1.807) is 23.5 Å². The van der Waals surface area contributed by atoms with Crippen molar-refractivity contribution in [2.45, 2.75) is 10.9 Å². The highest BCUT2D eigenvalue weighted by atomic mass is 32.2. The van der Waals surface area contributed by atoms with Crippen molar-refractivity contribution < 1.29 is 8.91 Å². The van der Waals surface area contributed by atoms with Crippen molar-refractivity contribution in [2.24, 2.45) is 0 Å². The smallest absolute Gasteiger partial charge is 0.268 e. The number of nitrogens with zero attached hydrogens (tertiary/aromatic N) is 5. The third-order valence-electron chi connectivity index (χ3n) is 4.28. The lowest BCUT2D eigenvalue weighted by molar-refractivity contribution is 0.426. The van der Waals surface area contributed by atoms with E-state index in [0.717, 1.165) is 16.1 Å². The van der Waals surface area contributed by atoms with Crippen molar-refractivity contribution in [3.8, 4) is 27.8 Å². The van der Waals surface area contributed by atoms with E-state index in [2.05, 4.69) is 20.3 Å². The minimum absolute atomic E-state index is 0.296. The molecule has 0 unspecified atom stereocenters. The molecule has 148 valence electrons. The zero-order valence-electron chi connectivity index (χ0n) is 15.5. The average Bonchev–Trinajstić information content (AvgIpc) is 3.53. The van der Waals surface area contributed by atoms with Crippen LogP contribution < -0.4 is 0 Å². The van der Waals surface area contributed by atoms with Crippen molar-refractivity contribution in [3.63, 3.8) is 0 Å². The van der Waals surface area contributed by atoms with Gasteiger partial charge in [0, 0.05) is 11.3 Å². The Kier molecular flexibility index (Phi) is 5.12. The van der Waals surface area contributed by atoms with Gasteiger partial charge in [-0.3, -0.25) is 4.57 Å². The third-order valence-corrected chi connectivity index (χ3v) is 6.06. The summed E-state index contributed by atoms with van der Waals surface area (Å²) < 4.78 is 20.7. The van der Waals surface area contributed by atoms with Gasteiger partial charge in [-0.05, 0) is 35.7 Å². The first-order chi connectivity index (χ1) is 14.8. The topological polar surface area (TPSA) is 69.6 Å². The number of halogens is 1. The molecule has 0 saturated carbocycles. The maximum atomic E-state index is 13.5. The minimum atomic E-state index is -0.296. The zero-order valence-corrected chi connectivity index (χ0v) is 17.1. The summed E-state index contributed by atoms with van der Waals surface area (Å²) in [7, 11) is 0. The SMILES string of the molecule is Fc1ccc(-n2c(SCc3noc(-c4cccs4)n3)nnc2-c2ccccc2)cc1. The van der Waals surface area contributed by atoms with Gasteiger partial charge in [0.25, 0.3) is 5.89 Å². The molecule has 0 saturated heterocycles. The van der Waals surface area contributed by atoms with Crippen LogP contribution in [0.25, 0.3) is 27.8 Å². The number of hydrogen-bond donors (Lipinski definition) is 0. The molecule has 0 fully saturated rings. The quantitative estimate of drug-likeness (QED) is 0.329. The number of thiophene rings is 1. The zero-order chi connectivity index (χ0) is 20.3. The van der Waals surface area contributed by atoms with E-state index in [0.29, 0.717) is 28.4 Å². The lowest BCUT2D eigenvalue weighted by Crippen LogP contribution is -2.00. The summed E-state index contributed by atoms with van der Waals surface area (Å²) in [6.07, 6.45) is 0. The second-order valence-corrected chi connectivity index (χ2v) is 8.16. The molecule has 5 aromatic rings. The molecule has 0 aliphatic carbocycles. The Balaban J connectivity index is 1.46. The highest BCUT2D eigenvalue weighted by Gasteiger charge is 2.18. The van der Waals surface area contributed by atoms with E-state index in [4.69, 9.17) is 4.52 Å². The van der Waals surface area contributed by atoms with Gasteiger partial charge in [-0.15, -0.1) is 21.5 Å². The Bertz CT molecular complexity index is 1250. The molecule has 2 aromatic carbocycles. The van der Waals surface area contributed by atoms with Crippen LogP contribution in [-0.2, 0) is 5.75 Å². The van der Waals surface area contributed by atoms with E-state index in [-0.39, 0.29) is 5.82 Å². The first-order valence-corrected chi connectivity index (χ1v) is 10.9. The molecular weight excluding hydrogens is 421 g/mol. The highest BCUT2D eigenvalue weighted by molar-refractivity contribution is 7.98. The molecule has 0 bridgehead atoms. The second kappa shape index (κ2) is 8.21. The maximum absolute atomic E-state index is 13.5. The van der Waals surface area contributed by atoms with E-state index >= 15 is 0 Å². The minimum Gasteiger partial charge on any atom is -0.333 e. The molecule has 0 aliphatic rings. The Morgan fingerprint density at radius 1 is 0.967 bits per heavy atom. The molecule has 0 aliphatic heterocycles. The molecule has 3 aromatic heterocycles. The van der Waals surface area contributed by atoms with Crippen molar-refractivity contribution in [1.82, 2.24) is 24.9 Å². The van der Waals surface area contributed by atoms with Crippen molar-refractivity contribution in [3.05, 3.63) is 83.8 Å². The van der Waals surface area contributed by atoms with E-state index in [1.165, 1.54) is 23.9 Å². The van der Waals surface area contributed by atoms with Gasteiger partial charge in [0.1, 0.15) is 5.82 Å². The van der Waals surface area contributed by atoms with Crippen LogP contribution in [0.3, 0.4) is 0 Å².